The van der Waals surface area contributed by atoms with E-state index in [4.69, 9.17) is 4.74 Å². The molecular weight excluding hydrogens is 266 g/mol. The van der Waals surface area contributed by atoms with Crippen LogP contribution in [0.5, 0.6) is 0 Å². The highest BCUT2D eigenvalue weighted by Gasteiger charge is 2.50. The van der Waals surface area contributed by atoms with Crippen LogP contribution in [0.15, 0.2) is 0 Å². The van der Waals surface area contributed by atoms with Crippen molar-refractivity contribution in [3.8, 4) is 0 Å². The summed E-state index contributed by atoms with van der Waals surface area (Å²) in [5, 5.41) is 13.1. The molecule has 0 aromatic carbocycles. The van der Waals surface area contributed by atoms with Gasteiger partial charge >= 0.3 is 5.97 Å². The van der Waals surface area contributed by atoms with Gasteiger partial charge in [0.2, 0.25) is 0 Å². The van der Waals surface area contributed by atoms with Gasteiger partial charge in [0.25, 0.3) is 0 Å². The molecule has 0 spiro atoms. The van der Waals surface area contributed by atoms with Gasteiger partial charge in [0.15, 0.2) is 0 Å². The van der Waals surface area contributed by atoms with Crippen molar-refractivity contribution in [3.05, 3.63) is 0 Å². The second kappa shape index (κ2) is 8.14. The molecular formula is C17H31NO3. The van der Waals surface area contributed by atoms with E-state index in [9.17, 15) is 9.90 Å². The van der Waals surface area contributed by atoms with Crippen LogP contribution in [0.25, 0.3) is 0 Å². The molecule has 0 aromatic heterocycles. The molecule has 2 aliphatic rings. The molecule has 2 atom stereocenters. The maximum Gasteiger partial charge on any atom is 0.324 e. The van der Waals surface area contributed by atoms with Crippen LogP contribution in [0.3, 0.4) is 0 Å². The number of rotatable bonds is 11. The normalized spacial score (nSPS) is 28.9. The molecule has 122 valence electrons. The predicted molar refractivity (Wildman–Crippen MR) is 83.4 cm³/mol. The minimum atomic E-state index is -0.674. The van der Waals surface area contributed by atoms with Crippen LogP contribution in [0.2, 0.25) is 0 Å². The lowest BCUT2D eigenvalue weighted by Gasteiger charge is -2.32. The molecule has 0 heterocycles. The summed E-state index contributed by atoms with van der Waals surface area (Å²) in [5.41, 5.74) is -0.674. The number of carbonyl (C=O) groups is 1. The maximum absolute atomic E-state index is 11.8. The number of hydrogen-bond acceptors (Lipinski definition) is 3. The fraction of sp³-hybridized carbons (Fsp3) is 0.941. The van der Waals surface area contributed by atoms with Crippen molar-refractivity contribution in [2.24, 2.45) is 5.92 Å². The zero-order valence-electron chi connectivity index (χ0n) is 13.4. The molecule has 4 nitrogen and oxygen atoms in total. The zero-order chi connectivity index (χ0) is 15.1. The number of carboxylic acids is 1. The number of carboxylic acid groups (broad SMARTS) is 1. The first kappa shape index (κ1) is 16.8. The Balaban J connectivity index is 1.71. The summed E-state index contributed by atoms with van der Waals surface area (Å²) in [6.45, 7) is 3.74. The molecule has 0 saturated heterocycles. The first-order valence-electron chi connectivity index (χ1n) is 8.78. The van der Waals surface area contributed by atoms with Crippen LogP contribution < -0.4 is 5.32 Å². The number of unbranched alkanes of at least 4 members (excludes halogenated alkanes) is 3. The van der Waals surface area contributed by atoms with Gasteiger partial charge in [-0.1, -0.05) is 32.6 Å². The van der Waals surface area contributed by atoms with Crippen molar-refractivity contribution < 1.29 is 14.6 Å². The number of aliphatic carboxylic acids is 1. The first-order valence-corrected chi connectivity index (χ1v) is 8.78. The summed E-state index contributed by atoms with van der Waals surface area (Å²) < 4.78 is 5.72. The summed E-state index contributed by atoms with van der Waals surface area (Å²) in [4.78, 5) is 11.8. The Labute approximate surface area is 128 Å². The lowest BCUT2D eigenvalue weighted by atomic mass is 9.84. The molecule has 2 saturated carbocycles. The highest BCUT2D eigenvalue weighted by Crippen LogP contribution is 2.40. The first-order chi connectivity index (χ1) is 10.2. The molecule has 0 radical (unpaired) electrons. The van der Waals surface area contributed by atoms with E-state index in [-0.39, 0.29) is 5.92 Å². The fourth-order valence-corrected chi connectivity index (χ4v) is 3.55. The Hall–Kier alpha value is -0.610. The van der Waals surface area contributed by atoms with Crippen molar-refractivity contribution in [1.82, 2.24) is 5.32 Å². The lowest BCUT2D eigenvalue weighted by molar-refractivity contribution is -0.147. The van der Waals surface area contributed by atoms with Crippen molar-refractivity contribution in [2.45, 2.75) is 82.7 Å². The zero-order valence-corrected chi connectivity index (χ0v) is 13.4. The van der Waals surface area contributed by atoms with Gasteiger partial charge in [-0.25, -0.2) is 0 Å². The maximum atomic E-state index is 11.8. The van der Waals surface area contributed by atoms with Crippen LogP contribution in [-0.4, -0.2) is 35.9 Å². The van der Waals surface area contributed by atoms with Gasteiger partial charge < -0.3 is 9.84 Å². The fourth-order valence-electron chi connectivity index (χ4n) is 3.55. The third-order valence-corrected chi connectivity index (χ3v) is 4.99. The van der Waals surface area contributed by atoms with E-state index in [0.29, 0.717) is 12.6 Å². The second-order valence-corrected chi connectivity index (χ2v) is 6.75. The molecule has 4 heteroatoms. The molecule has 2 aliphatic carbocycles. The van der Waals surface area contributed by atoms with Gasteiger partial charge in [0, 0.05) is 19.3 Å². The van der Waals surface area contributed by atoms with Crippen molar-refractivity contribution in [3.63, 3.8) is 0 Å². The van der Waals surface area contributed by atoms with E-state index in [1.54, 1.807) is 0 Å². The van der Waals surface area contributed by atoms with E-state index in [0.717, 1.165) is 51.6 Å². The SMILES string of the molecule is CCCCCCOCCC1CCCC1(NC1CC1)C(=O)O. The monoisotopic (exact) mass is 297 g/mol. The summed E-state index contributed by atoms with van der Waals surface area (Å²) in [7, 11) is 0. The quantitative estimate of drug-likeness (QED) is 0.574. The summed E-state index contributed by atoms with van der Waals surface area (Å²) in [5.74, 6) is -0.425. The molecule has 2 unspecified atom stereocenters. The predicted octanol–water partition coefficient (Wildman–Crippen LogP) is 3.35. The van der Waals surface area contributed by atoms with Gasteiger partial charge in [-0.2, -0.15) is 0 Å². The molecule has 0 amide bonds. The average molecular weight is 297 g/mol. The summed E-state index contributed by atoms with van der Waals surface area (Å²) >= 11 is 0. The number of nitrogens with one attached hydrogen (secondary N) is 1. The van der Waals surface area contributed by atoms with Gasteiger partial charge in [0.1, 0.15) is 5.54 Å². The standard InChI is InChI=1S/C17H31NO3/c1-2-3-4-5-12-21-13-10-14-7-6-11-17(14,16(19)20)18-15-8-9-15/h14-15,18H,2-13H2,1H3,(H,19,20). The van der Waals surface area contributed by atoms with Crippen LogP contribution >= 0.6 is 0 Å². The Kier molecular flexibility index (Phi) is 6.49. The van der Waals surface area contributed by atoms with Crippen LogP contribution in [0, 0.1) is 5.92 Å². The third kappa shape index (κ3) is 4.68. The van der Waals surface area contributed by atoms with Gasteiger partial charge in [-0.3, -0.25) is 10.1 Å². The van der Waals surface area contributed by atoms with Crippen molar-refractivity contribution in [2.75, 3.05) is 13.2 Å². The third-order valence-electron chi connectivity index (χ3n) is 4.99. The van der Waals surface area contributed by atoms with E-state index in [1.807, 2.05) is 0 Å². The molecule has 0 aliphatic heterocycles. The molecule has 0 bridgehead atoms. The number of ether oxygens (including phenoxy) is 1. The van der Waals surface area contributed by atoms with Gasteiger partial charge in [0.05, 0.1) is 0 Å². The summed E-state index contributed by atoms with van der Waals surface area (Å²) in [6.07, 6.45) is 10.9. The second-order valence-electron chi connectivity index (χ2n) is 6.75. The topological polar surface area (TPSA) is 58.6 Å². The smallest absolute Gasteiger partial charge is 0.324 e. The Bertz CT molecular complexity index is 330. The number of hydrogen-bond donors (Lipinski definition) is 2. The average Bonchev–Trinajstić information content (AvgIpc) is 3.17. The van der Waals surface area contributed by atoms with Crippen LogP contribution in [-0.2, 0) is 9.53 Å². The minimum absolute atomic E-state index is 0.228. The Morgan fingerprint density at radius 3 is 2.71 bits per heavy atom. The molecule has 2 N–H and O–H groups in total. The van der Waals surface area contributed by atoms with Crippen LogP contribution in [0.1, 0.15) is 71.1 Å². The molecule has 2 fully saturated rings. The Morgan fingerprint density at radius 1 is 1.24 bits per heavy atom. The van der Waals surface area contributed by atoms with Crippen molar-refractivity contribution in [1.29, 1.82) is 0 Å². The largest absolute Gasteiger partial charge is 0.480 e. The van der Waals surface area contributed by atoms with Crippen molar-refractivity contribution >= 4 is 5.97 Å². The minimum Gasteiger partial charge on any atom is -0.480 e. The lowest BCUT2D eigenvalue weighted by Crippen LogP contribution is -2.55. The van der Waals surface area contributed by atoms with Gasteiger partial charge in [-0.15, -0.1) is 0 Å². The highest BCUT2D eigenvalue weighted by molar-refractivity contribution is 5.80. The van der Waals surface area contributed by atoms with E-state index >= 15 is 0 Å². The molecule has 21 heavy (non-hydrogen) atoms. The summed E-state index contributed by atoms with van der Waals surface area (Å²) in [6, 6.07) is 0.441. The van der Waals surface area contributed by atoms with E-state index in [1.165, 1.54) is 19.3 Å². The highest BCUT2D eigenvalue weighted by atomic mass is 16.5. The van der Waals surface area contributed by atoms with Crippen LogP contribution in [0.4, 0.5) is 0 Å². The molecule has 2 rings (SSSR count). The molecule has 0 aromatic rings. The van der Waals surface area contributed by atoms with E-state index in [2.05, 4.69) is 12.2 Å². The van der Waals surface area contributed by atoms with E-state index < -0.39 is 11.5 Å². The Morgan fingerprint density at radius 2 is 2.05 bits per heavy atom. The van der Waals surface area contributed by atoms with Gasteiger partial charge in [-0.05, 0) is 44.4 Å².